The number of nitrogens with zero attached hydrogens (tertiary/aromatic N) is 2. The molecule has 1 heterocycles. The molecule has 2 aliphatic rings. The van der Waals surface area contributed by atoms with Gasteiger partial charge in [-0.1, -0.05) is 6.08 Å². The Morgan fingerprint density at radius 2 is 1.91 bits per heavy atom. The minimum absolute atomic E-state index is 0.897. The summed E-state index contributed by atoms with van der Waals surface area (Å²) in [6.07, 6.45) is 8.11. The standard InChI is InChI=1S/C19H25N3S/c1-13-11-16(22-8-4-5-9-22)6-7-17(13)21-19-14(2)10-15(20-3)12-18(19)23/h6,10-12,20,23H,4-5,7-9H2,1-3H3. The summed E-state index contributed by atoms with van der Waals surface area (Å²) in [7, 11) is 1.92. The van der Waals surface area contributed by atoms with Crippen LogP contribution >= 0.6 is 12.6 Å². The van der Waals surface area contributed by atoms with Crippen molar-refractivity contribution < 1.29 is 0 Å². The minimum atomic E-state index is 0.897. The Kier molecular flexibility index (Phi) is 4.81. The van der Waals surface area contributed by atoms with E-state index in [0.29, 0.717) is 0 Å². The molecular formula is C19H25N3S. The molecule has 0 spiro atoms. The zero-order chi connectivity index (χ0) is 16.4. The Labute approximate surface area is 144 Å². The van der Waals surface area contributed by atoms with Gasteiger partial charge in [-0.2, -0.15) is 0 Å². The summed E-state index contributed by atoms with van der Waals surface area (Å²) in [5, 5.41) is 3.16. The lowest BCUT2D eigenvalue weighted by Crippen LogP contribution is -2.20. The molecule has 122 valence electrons. The average molecular weight is 327 g/mol. The van der Waals surface area contributed by atoms with Crippen LogP contribution in [0.25, 0.3) is 0 Å². The molecule has 1 N–H and O–H groups in total. The highest BCUT2D eigenvalue weighted by molar-refractivity contribution is 7.80. The number of hydrogen-bond acceptors (Lipinski definition) is 4. The van der Waals surface area contributed by atoms with Crippen LogP contribution in [0, 0.1) is 6.92 Å². The molecule has 1 aromatic rings. The van der Waals surface area contributed by atoms with Gasteiger partial charge < -0.3 is 10.2 Å². The van der Waals surface area contributed by atoms with E-state index in [2.05, 4.69) is 54.9 Å². The van der Waals surface area contributed by atoms with Gasteiger partial charge >= 0.3 is 0 Å². The van der Waals surface area contributed by atoms with E-state index >= 15 is 0 Å². The summed E-state index contributed by atoms with van der Waals surface area (Å²) in [6, 6.07) is 4.15. The zero-order valence-corrected chi connectivity index (χ0v) is 15.1. The third kappa shape index (κ3) is 3.47. The van der Waals surface area contributed by atoms with Crippen LogP contribution < -0.4 is 5.32 Å². The summed E-state index contributed by atoms with van der Waals surface area (Å²) in [5.41, 5.74) is 6.98. The van der Waals surface area contributed by atoms with Crippen molar-refractivity contribution in [2.75, 3.05) is 25.5 Å². The van der Waals surface area contributed by atoms with Crippen LogP contribution in [0.3, 0.4) is 0 Å². The molecule has 3 nitrogen and oxygen atoms in total. The van der Waals surface area contributed by atoms with E-state index in [9.17, 15) is 0 Å². The van der Waals surface area contributed by atoms with Crippen molar-refractivity contribution in [3.63, 3.8) is 0 Å². The normalized spacial score (nSPS) is 19.8. The summed E-state index contributed by atoms with van der Waals surface area (Å²) < 4.78 is 0. The molecule has 0 unspecified atom stereocenters. The Morgan fingerprint density at radius 3 is 2.52 bits per heavy atom. The van der Waals surface area contributed by atoms with Crippen LogP contribution in [0.1, 0.15) is 31.7 Å². The molecule has 1 aliphatic heterocycles. The summed E-state index contributed by atoms with van der Waals surface area (Å²) in [6.45, 7) is 6.63. The van der Waals surface area contributed by atoms with E-state index in [0.717, 1.165) is 34.0 Å². The minimum Gasteiger partial charge on any atom is -0.388 e. The second-order valence-electron chi connectivity index (χ2n) is 6.32. The molecule has 1 aromatic carbocycles. The van der Waals surface area contributed by atoms with Crippen molar-refractivity contribution in [1.29, 1.82) is 0 Å². The first-order valence-electron chi connectivity index (χ1n) is 8.31. The van der Waals surface area contributed by atoms with Crippen molar-refractivity contribution in [3.8, 4) is 0 Å². The van der Waals surface area contributed by atoms with Crippen molar-refractivity contribution >= 4 is 29.7 Å². The molecular weight excluding hydrogens is 302 g/mol. The van der Waals surface area contributed by atoms with E-state index in [1.165, 1.54) is 37.2 Å². The van der Waals surface area contributed by atoms with E-state index in [-0.39, 0.29) is 0 Å². The maximum Gasteiger partial charge on any atom is 0.0797 e. The van der Waals surface area contributed by atoms with E-state index in [4.69, 9.17) is 4.99 Å². The van der Waals surface area contributed by atoms with Crippen molar-refractivity contribution in [1.82, 2.24) is 4.90 Å². The number of allylic oxidation sites excluding steroid dienone is 3. The van der Waals surface area contributed by atoms with Gasteiger partial charge in [0.05, 0.1) is 5.69 Å². The molecule has 4 heteroatoms. The fourth-order valence-corrected chi connectivity index (χ4v) is 3.61. The number of benzene rings is 1. The molecule has 0 amide bonds. The summed E-state index contributed by atoms with van der Waals surface area (Å²) in [5.74, 6) is 0. The smallest absolute Gasteiger partial charge is 0.0797 e. The lowest BCUT2D eigenvalue weighted by molar-refractivity contribution is 0.438. The molecule has 3 rings (SSSR count). The van der Waals surface area contributed by atoms with E-state index in [1.54, 1.807) is 0 Å². The van der Waals surface area contributed by atoms with Crippen molar-refractivity contribution in [2.24, 2.45) is 4.99 Å². The largest absolute Gasteiger partial charge is 0.388 e. The Balaban J connectivity index is 1.86. The molecule has 1 saturated heterocycles. The van der Waals surface area contributed by atoms with Crippen molar-refractivity contribution in [3.05, 3.63) is 41.1 Å². The van der Waals surface area contributed by atoms with Gasteiger partial charge in [-0.25, -0.2) is 0 Å². The highest BCUT2D eigenvalue weighted by atomic mass is 32.1. The van der Waals surface area contributed by atoms with Gasteiger partial charge in [0.25, 0.3) is 0 Å². The predicted octanol–water partition coefficient (Wildman–Crippen LogP) is 4.73. The van der Waals surface area contributed by atoms with Crippen LogP contribution in [0.5, 0.6) is 0 Å². The number of rotatable bonds is 3. The Bertz CT molecular complexity index is 672. The highest BCUT2D eigenvalue weighted by Crippen LogP contribution is 2.32. The third-order valence-electron chi connectivity index (χ3n) is 4.61. The van der Waals surface area contributed by atoms with Crippen molar-refractivity contribution in [2.45, 2.75) is 38.0 Å². The number of likely N-dealkylation sites (tertiary alicyclic amines) is 1. The molecule has 1 fully saturated rings. The van der Waals surface area contributed by atoms with Gasteiger partial charge in [0.1, 0.15) is 0 Å². The van der Waals surface area contributed by atoms with Gasteiger partial charge in [0.2, 0.25) is 0 Å². The second kappa shape index (κ2) is 6.83. The Hall–Kier alpha value is -1.68. The molecule has 0 bridgehead atoms. The van der Waals surface area contributed by atoms with Crippen LogP contribution in [0.2, 0.25) is 0 Å². The molecule has 0 saturated carbocycles. The lowest BCUT2D eigenvalue weighted by Gasteiger charge is -2.23. The van der Waals surface area contributed by atoms with Gasteiger partial charge in [-0.3, -0.25) is 4.99 Å². The first-order chi connectivity index (χ1) is 11.1. The highest BCUT2D eigenvalue weighted by Gasteiger charge is 2.17. The molecule has 0 aromatic heterocycles. The van der Waals surface area contributed by atoms with E-state index < -0.39 is 0 Å². The molecule has 1 aliphatic carbocycles. The van der Waals surface area contributed by atoms with Crippen LogP contribution in [-0.4, -0.2) is 30.7 Å². The van der Waals surface area contributed by atoms with Crippen LogP contribution in [-0.2, 0) is 0 Å². The topological polar surface area (TPSA) is 27.6 Å². The summed E-state index contributed by atoms with van der Waals surface area (Å²) in [4.78, 5) is 8.32. The van der Waals surface area contributed by atoms with Gasteiger partial charge in [0.15, 0.2) is 0 Å². The van der Waals surface area contributed by atoms with Crippen LogP contribution in [0.4, 0.5) is 11.4 Å². The summed E-state index contributed by atoms with van der Waals surface area (Å²) >= 11 is 4.62. The Morgan fingerprint density at radius 1 is 1.17 bits per heavy atom. The maximum atomic E-state index is 4.92. The van der Waals surface area contributed by atoms with E-state index in [1.807, 2.05) is 13.1 Å². The van der Waals surface area contributed by atoms with Gasteiger partial charge in [-0.15, -0.1) is 12.6 Å². The monoisotopic (exact) mass is 327 g/mol. The average Bonchev–Trinajstić information content (AvgIpc) is 3.06. The number of aliphatic imine (C=N–C) groups is 1. The number of thiol groups is 1. The molecule has 23 heavy (non-hydrogen) atoms. The first-order valence-corrected chi connectivity index (χ1v) is 8.76. The number of aryl methyl sites for hydroxylation is 1. The molecule has 0 atom stereocenters. The lowest BCUT2D eigenvalue weighted by atomic mass is 10.0. The third-order valence-corrected chi connectivity index (χ3v) is 4.95. The number of nitrogens with one attached hydrogen (secondary N) is 1. The fourth-order valence-electron chi connectivity index (χ4n) is 3.24. The zero-order valence-electron chi connectivity index (χ0n) is 14.2. The number of hydrogen-bond donors (Lipinski definition) is 2. The van der Waals surface area contributed by atoms with Crippen LogP contribution in [0.15, 0.2) is 45.4 Å². The van der Waals surface area contributed by atoms with Gasteiger partial charge in [-0.05, 0) is 56.0 Å². The van der Waals surface area contributed by atoms with Gasteiger partial charge in [0, 0.05) is 48.5 Å². The first kappa shape index (κ1) is 16.2. The SMILES string of the molecule is CNc1cc(C)c(N=C2CC=C(N3CCCC3)C=C2C)c(S)c1. The predicted molar refractivity (Wildman–Crippen MR) is 102 cm³/mol. The maximum absolute atomic E-state index is 4.92. The molecule has 0 radical (unpaired) electrons. The number of anilines is 1. The second-order valence-corrected chi connectivity index (χ2v) is 6.81. The fraction of sp³-hybridized carbons (Fsp3) is 0.421. The quantitative estimate of drug-likeness (QED) is 0.786.